The van der Waals surface area contributed by atoms with Crippen molar-refractivity contribution < 1.29 is 37.0 Å². The summed E-state index contributed by atoms with van der Waals surface area (Å²) in [7, 11) is 0. The molecule has 0 aliphatic carbocycles. The Bertz CT molecular complexity index is 1330. The molecule has 0 heterocycles. The molecule has 15 heteroatoms. The van der Waals surface area contributed by atoms with Gasteiger partial charge in [-0.1, -0.05) is 39.3 Å². The highest BCUT2D eigenvalue weighted by Gasteiger charge is 2.39. The molecule has 0 unspecified atom stereocenters. The Morgan fingerprint density at radius 3 is 2.14 bits per heavy atom. The summed E-state index contributed by atoms with van der Waals surface area (Å²) in [4.78, 5) is 25.6. The smallest absolute Gasteiger partial charge is 0.416 e. The second-order valence-corrected chi connectivity index (χ2v) is 8.63. The highest BCUT2D eigenvalue weighted by molar-refractivity contribution is 9.11. The quantitative estimate of drug-likeness (QED) is 0.109. The van der Waals surface area contributed by atoms with E-state index in [0.29, 0.717) is 4.47 Å². The zero-order chi connectivity index (χ0) is 26.6. The number of halogens is 6. The third-order valence-electron chi connectivity index (χ3n) is 4.46. The Morgan fingerprint density at radius 1 is 0.972 bits per heavy atom. The minimum atomic E-state index is -5.08. The molecule has 0 fully saturated rings. The minimum absolute atomic E-state index is 0.0632. The van der Waals surface area contributed by atoms with E-state index in [9.17, 15) is 37.8 Å². The topological polar surface area (TPSA) is 117 Å². The Hall–Kier alpha value is -3.59. The van der Waals surface area contributed by atoms with Gasteiger partial charge >= 0.3 is 17.6 Å². The standard InChI is InChI=1S/C21H11Br2F4N3O6/c22-14-5-12(9-28-35-10-11-3-1-2-4-16(11)24)19(15(23)8-14)36-20-17(29(31)32)6-13(21(25,26)27)7-18(20)30(33)34/h1-9H,10H2/b28-9-. The predicted octanol–water partition coefficient (Wildman–Crippen LogP) is 7.53. The van der Waals surface area contributed by atoms with E-state index in [1.165, 1.54) is 30.3 Å². The van der Waals surface area contributed by atoms with Crippen molar-refractivity contribution in [3.8, 4) is 11.5 Å². The van der Waals surface area contributed by atoms with Gasteiger partial charge in [-0.2, -0.15) is 13.2 Å². The van der Waals surface area contributed by atoms with Crippen LogP contribution in [0.2, 0.25) is 0 Å². The summed E-state index contributed by atoms with van der Waals surface area (Å²) in [5.41, 5.74) is -3.87. The van der Waals surface area contributed by atoms with E-state index in [2.05, 4.69) is 37.0 Å². The molecule has 0 aliphatic rings. The highest BCUT2D eigenvalue weighted by atomic mass is 79.9. The average molecular weight is 637 g/mol. The van der Waals surface area contributed by atoms with Crippen molar-refractivity contribution in [3.63, 3.8) is 0 Å². The summed E-state index contributed by atoms with van der Waals surface area (Å²) in [5.74, 6) is -1.80. The van der Waals surface area contributed by atoms with Crippen LogP contribution in [-0.2, 0) is 17.6 Å². The van der Waals surface area contributed by atoms with Crippen LogP contribution in [0.1, 0.15) is 16.7 Å². The number of nitrogens with zero attached hydrogens (tertiary/aromatic N) is 3. The molecule has 0 aromatic heterocycles. The summed E-state index contributed by atoms with van der Waals surface area (Å²) in [6.07, 6.45) is -4.01. The molecule has 0 N–H and O–H groups in total. The molecule has 188 valence electrons. The maximum atomic E-state index is 13.7. The van der Waals surface area contributed by atoms with E-state index in [-0.39, 0.29) is 40.1 Å². The number of rotatable bonds is 8. The molecule has 0 amide bonds. The molecular weight excluding hydrogens is 626 g/mol. The lowest BCUT2D eigenvalue weighted by atomic mass is 10.1. The summed E-state index contributed by atoms with van der Waals surface area (Å²) in [6, 6.07) is 8.88. The normalized spacial score (nSPS) is 11.5. The molecule has 0 bridgehead atoms. The van der Waals surface area contributed by atoms with Gasteiger partial charge in [-0.3, -0.25) is 20.2 Å². The van der Waals surface area contributed by atoms with Crippen molar-refractivity contribution in [1.82, 2.24) is 0 Å². The number of hydrogen-bond acceptors (Lipinski definition) is 7. The largest absolute Gasteiger partial charge is 0.442 e. The number of ether oxygens (including phenoxy) is 1. The van der Waals surface area contributed by atoms with E-state index in [1.54, 1.807) is 6.07 Å². The van der Waals surface area contributed by atoms with Gasteiger partial charge in [0.1, 0.15) is 12.4 Å². The van der Waals surface area contributed by atoms with Gasteiger partial charge in [-0.25, -0.2) is 4.39 Å². The van der Waals surface area contributed by atoms with Crippen LogP contribution in [-0.4, -0.2) is 16.1 Å². The fraction of sp³-hybridized carbons (Fsp3) is 0.0952. The van der Waals surface area contributed by atoms with Crippen LogP contribution in [0, 0.1) is 26.0 Å². The zero-order valence-corrected chi connectivity index (χ0v) is 20.6. The lowest BCUT2D eigenvalue weighted by molar-refractivity contribution is -0.396. The van der Waals surface area contributed by atoms with E-state index in [4.69, 9.17) is 9.57 Å². The van der Waals surface area contributed by atoms with Crippen LogP contribution in [0.5, 0.6) is 11.5 Å². The number of oxime groups is 1. The first-order valence-electron chi connectivity index (χ1n) is 9.48. The predicted molar refractivity (Wildman–Crippen MR) is 125 cm³/mol. The third-order valence-corrected chi connectivity index (χ3v) is 5.50. The first-order valence-corrected chi connectivity index (χ1v) is 11.1. The van der Waals surface area contributed by atoms with Crippen molar-refractivity contribution in [2.75, 3.05) is 0 Å². The van der Waals surface area contributed by atoms with Crippen LogP contribution in [0.25, 0.3) is 0 Å². The average Bonchev–Trinajstić information content (AvgIpc) is 2.78. The second-order valence-electron chi connectivity index (χ2n) is 6.86. The molecule has 3 aromatic rings. The Morgan fingerprint density at radius 2 is 1.58 bits per heavy atom. The number of alkyl halides is 3. The van der Waals surface area contributed by atoms with Crippen molar-refractivity contribution in [2.45, 2.75) is 12.8 Å². The second kappa shape index (κ2) is 11.0. The van der Waals surface area contributed by atoms with Crippen LogP contribution in [0.15, 0.2) is 62.6 Å². The van der Waals surface area contributed by atoms with E-state index in [0.717, 1.165) is 6.21 Å². The highest BCUT2D eigenvalue weighted by Crippen LogP contribution is 2.46. The molecule has 36 heavy (non-hydrogen) atoms. The number of hydrogen-bond donors (Lipinski definition) is 0. The monoisotopic (exact) mass is 635 g/mol. The fourth-order valence-corrected chi connectivity index (χ4v) is 4.18. The van der Waals surface area contributed by atoms with Gasteiger partial charge in [0.2, 0.25) is 0 Å². The summed E-state index contributed by atoms with van der Waals surface area (Å²) >= 11 is 6.37. The lowest BCUT2D eigenvalue weighted by Gasteiger charge is -2.13. The molecule has 0 saturated carbocycles. The lowest BCUT2D eigenvalue weighted by Crippen LogP contribution is -2.08. The minimum Gasteiger partial charge on any atom is -0.442 e. The molecule has 9 nitrogen and oxygen atoms in total. The van der Waals surface area contributed by atoms with Gasteiger partial charge in [-0.15, -0.1) is 0 Å². The fourth-order valence-electron chi connectivity index (χ4n) is 2.84. The van der Waals surface area contributed by atoms with Gasteiger partial charge in [0, 0.05) is 27.7 Å². The maximum absolute atomic E-state index is 13.7. The number of nitro groups is 2. The molecule has 0 atom stereocenters. The molecule has 0 aliphatic heterocycles. The third kappa shape index (κ3) is 6.34. The van der Waals surface area contributed by atoms with Crippen LogP contribution >= 0.6 is 31.9 Å². The van der Waals surface area contributed by atoms with Crippen LogP contribution in [0.4, 0.5) is 28.9 Å². The Kier molecular flexibility index (Phi) is 8.24. The van der Waals surface area contributed by atoms with E-state index in [1.807, 2.05) is 0 Å². The van der Waals surface area contributed by atoms with Gasteiger partial charge in [0.05, 0.1) is 26.1 Å². The van der Waals surface area contributed by atoms with E-state index < -0.39 is 44.5 Å². The maximum Gasteiger partial charge on any atom is 0.416 e. The van der Waals surface area contributed by atoms with Crippen LogP contribution < -0.4 is 4.74 Å². The van der Waals surface area contributed by atoms with Gasteiger partial charge < -0.3 is 9.57 Å². The summed E-state index contributed by atoms with van der Waals surface area (Å²) < 4.78 is 59.3. The zero-order valence-electron chi connectivity index (χ0n) is 17.5. The Balaban J connectivity index is 2.03. The van der Waals surface area contributed by atoms with Gasteiger partial charge in [-0.05, 0) is 34.1 Å². The van der Waals surface area contributed by atoms with Gasteiger partial charge in [0.25, 0.3) is 5.75 Å². The van der Waals surface area contributed by atoms with Crippen molar-refractivity contribution in [2.24, 2.45) is 5.16 Å². The molecule has 0 radical (unpaired) electrons. The van der Waals surface area contributed by atoms with Gasteiger partial charge in [0.15, 0.2) is 5.75 Å². The molecule has 0 saturated heterocycles. The van der Waals surface area contributed by atoms with Crippen LogP contribution in [0.3, 0.4) is 0 Å². The first kappa shape index (κ1) is 27.0. The van der Waals surface area contributed by atoms with Crippen molar-refractivity contribution >= 4 is 49.4 Å². The molecular formula is C21H11Br2F4N3O6. The van der Waals surface area contributed by atoms with E-state index >= 15 is 0 Å². The SMILES string of the molecule is O=[N+]([O-])c1cc(C(F)(F)F)cc([N+](=O)[O-])c1Oc1c(Br)cc(Br)cc1/C=N\OCc1ccccc1F. The summed E-state index contributed by atoms with van der Waals surface area (Å²) in [5, 5.41) is 26.7. The number of benzene rings is 3. The molecule has 3 rings (SSSR count). The Labute approximate surface area is 215 Å². The van der Waals surface area contributed by atoms with Crippen molar-refractivity contribution in [1.29, 1.82) is 0 Å². The molecule has 3 aromatic carbocycles. The van der Waals surface area contributed by atoms with Crippen molar-refractivity contribution in [3.05, 3.63) is 100 Å². The summed E-state index contributed by atoms with van der Waals surface area (Å²) in [6.45, 7) is -0.246. The number of nitro benzene ring substituents is 2. The first-order chi connectivity index (χ1) is 16.9. The molecule has 0 spiro atoms.